The molecule has 0 fully saturated rings. The molecule has 1 rings (SSSR count). The largest absolute Gasteiger partial charge is 0.302 e. The Morgan fingerprint density at radius 1 is 1.33 bits per heavy atom. The van der Waals surface area contributed by atoms with Gasteiger partial charge < -0.3 is 4.55 Å². The molecule has 0 saturated heterocycles. The Morgan fingerprint density at radius 3 is 2.27 bits per heavy atom. The summed E-state index contributed by atoms with van der Waals surface area (Å²) in [6.07, 6.45) is 0. The molecule has 0 saturated carbocycles. The molecule has 0 aromatic heterocycles. The molecule has 0 aliphatic heterocycles. The van der Waals surface area contributed by atoms with E-state index in [1.54, 1.807) is 0 Å². The molecule has 1 atom stereocenters. The van der Waals surface area contributed by atoms with Crippen molar-refractivity contribution in [1.82, 2.24) is 0 Å². The maximum atomic E-state index is 10.8. The van der Waals surface area contributed by atoms with E-state index < -0.39 is 21.2 Å². The smallest absolute Gasteiger partial charge is 0.294 e. The van der Waals surface area contributed by atoms with E-state index in [1.165, 1.54) is 19.1 Å². The number of hydrogen-bond donors (Lipinski definition) is 2. The SMILES string of the molecule is Cc1ccc(S(=O)O)cc1S(=O)(=O)O.[Y]. The van der Waals surface area contributed by atoms with Gasteiger partial charge in [-0.1, -0.05) is 6.07 Å². The summed E-state index contributed by atoms with van der Waals surface area (Å²) in [5.41, 5.74) is 0.321. The summed E-state index contributed by atoms with van der Waals surface area (Å²) in [5.74, 6) is 0. The van der Waals surface area contributed by atoms with Crippen molar-refractivity contribution in [3.63, 3.8) is 0 Å². The molecule has 0 spiro atoms. The monoisotopic (exact) mass is 325 g/mol. The first kappa shape index (κ1) is 15.3. The van der Waals surface area contributed by atoms with E-state index in [9.17, 15) is 12.6 Å². The topological polar surface area (TPSA) is 91.7 Å². The normalized spacial score (nSPS) is 13.0. The third-order valence-electron chi connectivity index (χ3n) is 1.64. The summed E-state index contributed by atoms with van der Waals surface area (Å²) in [6.45, 7) is 1.48. The van der Waals surface area contributed by atoms with Crippen LogP contribution in [-0.2, 0) is 53.9 Å². The van der Waals surface area contributed by atoms with Crippen molar-refractivity contribution in [2.45, 2.75) is 16.7 Å². The minimum absolute atomic E-state index is 0. The maximum absolute atomic E-state index is 10.8. The summed E-state index contributed by atoms with van der Waals surface area (Å²) in [6, 6.07) is 3.65. The van der Waals surface area contributed by atoms with Crippen molar-refractivity contribution in [1.29, 1.82) is 0 Å². The van der Waals surface area contributed by atoms with Gasteiger partial charge in [0.2, 0.25) is 0 Å². The van der Waals surface area contributed by atoms with E-state index in [-0.39, 0.29) is 42.5 Å². The predicted octanol–water partition coefficient (Wildman–Crippen LogP) is 0.820. The Kier molecular flexibility index (Phi) is 5.73. The van der Waals surface area contributed by atoms with Crippen molar-refractivity contribution in [2.24, 2.45) is 0 Å². The molecule has 1 aromatic rings. The van der Waals surface area contributed by atoms with Gasteiger partial charge in [0.15, 0.2) is 11.1 Å². The number of rotatable bonds is 2. The van der Waals surface area contributed by atoms with Crippen molar-refractivity contribution >= 4 is 21.2 Å². The van der Waals surface area contributed by atoms with Crippen molar-refractivity contribution in [3.05, 3.63) is 23.8 Å². The fourth-order valence-electron chi connectivity index (χ4n) is 0.967. The molecule has 0 heterocycles. The minimum atomic E-state index is -4.34. The predicted molar refractivity (Wildman–Crippen MR) is 50.0 cm³/mol. The van der Waals surface area contributed by atoms with E-state index in [2.05, 4.69) is 0 Å². The Bertz CT molecular complexity index is 482. The zero-order valence-corrected chi connectivity index (χ0v) is 12.2. The van der Waals surface area contributed by atoms with Gasteiger partial charge in [-0.2, -0.15) is 8.42 Å². The molecular weight excluding hydrogens is 317 g/mol. The molecule has 1 radical (unpaired) electrons. The second kappa shape index (κ2) is 5.61. The Morgan fingerprint density at radius 2 is 1.87 bits per heavy atom. The first-order valence-electron chi connectivity index (χ1n) is 3.51. The molecular formula is C7H8O5S2Y. The first-order chi connectivity index (χ1) is 6.32. The summed E-state index contributed by atoms with van der Waals surface area (Å²) in [5, 5.41) is 0. The van der Waals surface area contributed by atoms with Gasteiger partial charge in [0.25, 0.3) is 10.1 Å². The van der Waals surface area contributed by atoms with Crippen LogP contribution in [0, 0.1) is 6.92 Å². The van der Waals surface area contributed by atoms with Crippen molar-refractivity contribution < 1.29 is 54.4 Å². The second-order valence-corrected chi connectivity index (χ2v) is 5.01. The van der Waals surface area contributed by atoms with Crippen LogP contribution in [0.25, 0.3) is 0 Å². The minimum Gasteiger partial charge on any atom is -0.302 e. The Balaban J connectivity index is 0.00000196. The van der Waals surface area contributed by atoms with E-state index in [1.807, 2.05) is 0 Å². The van der Waals surface area contributed by atoms with Crippen LogP contribution in [0.3, 0.4) is 0 Å². The van der Waals surface area contributed by atoms with Gasteiger partial charge in [-0.15, -0.1) is 0 Å². The molecule has 0 aliphatic carbocycles. The maximum Gasteiger partial charge on any atom is 0.294 e. The quantitative estimate of drug-likeness (QED) is 0.620. The van der Waals surface area contributed by atoms with Crippen LogP contribution in [-0.4, -0.2) is 21.7 Å². The van der Waals surface area contributed by atoms with Gasteiger partial charge in [0, 0.05) is 32.7 Å². The van der Waals surface area contributed by atoms with E-state index in [0.29, 0.717) is 5.56 Å². The van der Waals surface area contributed by atoms with Crippen LogP contribution in [0.2, 0.25) is 0 Å². The zero-order valence-electron chi connectivity index (χ0n) is 7.75. The van der Waals surface area contributed by atoms with Crippen molar-refractivity contribution in [2.75, 3.05) is 0 Å². The average molecular weight is 325 g/mol. The Hall–Kier alpha value is 0.344. The summed E-state index contributed by atoms with van der Waals surface area (Å²) in [4.78, 5) is -0.416. The third kappa shape index (κ3) is 4.01. The Labute approximate surface area is 115 Å². The first-order valence-corrected chi connectivity index (χ1v) is 6.06. The van der Waals surface area contributed by atoms with Crippen LogP contribution in [0.15, 0.2) is 28.0 Å². The van der Waals surface area contributed by atoms with Crippen molar-refractivity contribution in [3.8, 4) is 0 Å². The van der Waals surface area contributed by atoms with Crippen LogP contribution >= 0.6 is 0 Å². The molecule has 15 heavy (non-hydrogen) atoms. The third-order valence-corrected chi connectivity index (χ3v) is 3.29. The molecule has 81 valence electrons. The average Bonchev–Trinajstić information content (AvgIpc) is 2.02. The summed E-state index contributed by atoms with van der Waals surface area (Å²) in [7, 11) is -4.34. The molecule has 1 unspecified atom stereocenters. The molecule has 8 heteroatoms. The van der Waals surface area contributed by atoms with Crippen LogP contribution in [0.1, 0.15) is 5.56 Å². The van der Waals surface area contributed by atoms with Gasteiger partial charge in [0.05, 0.1) is 9.79 Å². The second-order valence-electron chi connectivity index (χ2n) is 2.65. The fourth-order valence-corrected chi connectivity index (χ4v) is 2.20. The van der Waals surface area contributed by atoms with Gasteiger partial charge in [-0.25, -0.2) is 4.21 Å². The number of benzene rings is 1. The molecule has 2 N–H and O–H groups in total. The molecule has 5 nitrogen and oxygen atoms in total. The standard InChI is InChI=1S/C7H8O5S2.Y/c1-5-2-3-6(13(8)9)4-7(5)14(10,11)12;/h2-4H,1H3,(H,8,9)(H,10,11,12);. The van der Waals surface area contributed by atoms with Crippen LogP contribution in [0.4, 0.5) is 0 Å². The van der Waals surface area contributed by atoms with E-state index in [0.717, 1.165) is 6.07 Å². The number of aryl methyl sites for hydroxylation is 1. The van der Waals surface area contributed by atoms with Gasteiger partial charge in [-0.3, -0.25) is 4.55 Å². The molecule has 0 bridgehead atoms. The van der Waals surface area contributed by atoms with E-state index >= 15 is 0 Å². The van der Waals surface area contributed by atoms with Gasteiger partial charge in [0.1, 0.15) is 0 Å². The van der Waals surface area contributed by atoms with Crippen LogP contribution < -0.4 is 0 Å². The van der Waals surface area contributed by atoms with Gasteiger partial charge in [-0.05, 0) is 24.6 Å². The molecule has 0 amide bonds. The van der Waals surface area contributed by atoms with Crippen LogP contribution in [0.5, 0.6) is 0 Å². The number of hydrogen-bond acceptors (Lipinski definition) is 3. The molecule has 1 aromatic carbocycles. The zero-order chi connectivity index (χ0) is 10.9. The van der Waals surface area contributed by atoms with E-state index in [4.69, 9.17) is 9.11 Å². The fraction of sp³-hybridized carbons (Fsp3) is 0.143. The summed E-state index contributed by atoms with van der Waals surface area (Å²) >= 11 is -2.26. The molecule has 0 aliphatic rings. The summed E-state index contributed by atoms with van der Waals surface area (Å²) < 4.78 is 49.7. The van der Waals surface area contributed by atoms with Gasteiger partial charge >= 0.3 is 0 Å².